The van der Waals surface area contributed by atoms with E-state index in [4.69, 9.17) is 0 Å². The molecule has 0 radical (unpaired) electrons. The van der Waals surface area contributed by atoms with Crippen molar-refractivity contribution in [2.24, 2.45) is 10.4 Å². The Labute approximate surface area is 62.2 Å². The molecule has 0 aliphatic heterocycles. The Kier molecular flexibility index (Phi) is 4.21. The molecule has 0 rings (SSSR count). The van der Waals surface area contributed by atoms with Gasteiger partial charge in [-0.1, -0.05) is 0 Å². The molecule has 7 nitrogen and oxygen atoms in total. The fraction of sp³-hybridized carbons (Fsp3) is 0.250. The van der Waals surface area contributed by atoms with Crippen LogP contribution in [0.1, 0.15) is 0 Å². The molecule has 0 bridgehead atoms. The summed E-state index contributed by atoms with van der Waals surface area (Å²) >= 11 is 0. The van der Waals surface area contributed by atoms with Crippen LogP contribution < -0.4 is 0 Å². The van der Waals surface area contributed by atoms with Crippen molar-refractivity contribution in [3.8, 4) is 0 Å². The van der Waals surface area contributed by atoms with Crippen LogP contribution in [0.3, 0.4) is 0 Å². The Hall–Kier alpha value is -1.79. The van der Waals surface area contributed by atoms with Crippen molar-refractivity contribution in [2.75, 3.05) is 7.05 Å². The molecule has 0 saturated heterocycles. The average molecular weight is 158 g/mol. The Bertz CT molecular complexity index is 172. The zero-order valence-corrected chi connectivity index (χ0v) is 5.75. The molecule has 60 valence electrons. The third-order valence-corrected chi connectivity index (χ3v) is 0.653. The van der Waals surface area contributed by atoms with Crippen molar-refractivity contribution in [3.63, 3.8) is 0 Å². The van der Waals surface area contributed by atoms with Gasteiger partial charge >= 0.3 is 0 Å². The monoisotopic (exact) mass is 158 g/mol. The van der Waals surface area contributed by atoms with Gasteiger partial charge in [0.25, 0.3) is 0 Å². The van der Waals surface area contributed by atoms with Crippen LogP contribution in [0.25, 0.3) is 0 Å². The molecule has 0 N–H and O–H groups in total. The maximum atomic E-state index is 9.87. The first-order chi connectivity index (χ1) is 5.24. The molecule has 0 aliphatic carbocycles. The first-order valence-corrected chi connectivity index (χ1v) is 2.53. The summed E-state index contributed by atoms with van der Waals surface area (Å²) in [4.78, 5) is 29.6. The zero-order valence-electron chi connectivity index (χ0n) is 5.75. The SMILES string of the molecule is CN(C=O)/N=N/N(C=O)C=O. The molecule has 0 spiro atoms. The first-order valence-electron chi connectivity index (χ1n) is 2.53. The Morgan fingerprint density at radius 1 is 1.00 bits per heavy atom. The molecule has 7 heteroatoms. The Balaban J connectivity index is 3.97. The summed E-state index contributed by atoms with van der Waals surface area (Å²) in [5.41, 5.74) is 0. The molecule has 0 heterocycles. The van der Waals surface area contributed by atoms with Gasteiger partial charge in [0.05, 0.1) is 0 Å². The lowest BCUT2D eigenvalue weighted by molar-refractivity contribution is -0.130. The van der Waals surface area contributed by atoms with Gasteiger partial charge in [-0.2, -0.15) is 5.01 Å². The van der Waals surface area contributed by atoms with E-state index in [1.165, 1.54) is 7.05 Å². The minimum Gasteiger partial charge on any atom is -0.277 e. The van der Waals surface area contributed by atoms with Gasteiger partial charge < -0.3 is 0 Å². The number of hydrogen-bond acceptors (Lipinski definition) is 5. The largest absolute Gasteiger partial charge is 0.277 e. The summed E-state index contributed by atoms with van der Waals surface area (Å²) < 4.78 is 0. The van der Waals surface area contributed by atoms with E-state index in [9.17, 15) is 14.4 Å². The highest BCUT2D eigenvalue weighted by Gasteiger charge is 1.93. The smallest absolute Gasteiger partial charge is 0.238 e. The van der Waals surface area contributed by atoms with Crippen LogP contribution in [-0.4, -0.2) is 36.3 Å². The zero-order chi connectivity index (χ0) is 8.69. The average Bonchev–Trinajstić information content (AvgIpc) is 2.06. The molecule has 0 atom stereocenters. The van der Waals surface area contributed by atoms with Crippen LogP contribution in [-0.2, 0) is 14.4 Å². The van der Waals surface area contributed by atoms with Gasteiger partial charge in [0, 0.05) is 7.05 Å². The normalized spacial score (nSPS) is 9.18. The van der Waals surface area contributed by atoms with E-state index in [1.54, 1.807) is 0 Å². The molecule has 0 fully saturated rings. The molecular weight excluding hydrogens is 152 g/mol. The first kappa shape index (κ1) is 9.21. The van der Waals surface area contributed by atoms with Crippen LogP contribution in [0, 0.1) is 0 Å². The van der Waals surface area contributed by atoms with E-state index in [1.807, 2.05) is 0 Å². The molecule has 0 aromatic rings. The van der Waals surface area contributed by atoms with Crippen molar-refractivity contribution >= 4 is 19.2 Å². The van der Waals surface area contributed by atoms with Crippen LogP contribution in [0.4, 0.5) is 0 Å². The number of amides is 3. The molecule has 0 aromatic heterocycles. The van der Waals surface area contributed by atoms with Gasteiger partial charge in [-0.3, -0.25) is 14.4 Å². The minimum atomic E-state index is 0.162. The summed E-state index contributed by atoms with van der Waals surface area (Å²) in [5, 5.41) is 7.38. The Morgan fingerprint density at radius 2 is 1.55 bits per heavy atom. The van der Waals surface area contributed by atoms with Crippen molar-refractivity contribution in [1.82, 2.24) is 10.0 Å². The fourth-order valence-corrected chi connectivity index (χ4v) is 0.197. The van der Waals surface area contributed by atoms with Gasteiger partial charge in [0.1, 0.15) is 0 Å². The number of carbonyl (C=O) groups is 3. The third-order valence-electron chi connectivity index (χ3n) is 0.653. The predicted octanol–water partition coefficient (Wildman–Crippen LogP) is -1.03. The number of nitrogens with zero attached hydrogens (tertiary/aromatic N) is 4. The molecule has 0 aromatic carbocycles. The second-order valence-corrected chi connectivity index (χ2v) is 1.45. The highest BCUT2D eigenvalue weighted by molar-refractivity contribution is 5.67. The highest BCUT2D eigenvalue weighted by atomic mass is 16.2. The standard InChI is InChI=1S/C4H6N4O3/c1-7(2-9)5-6-8(3-10)4-11/h2-4H,1H3/b6-5+. The van der Waals surface area contributed by atoms with Gasteiger partial charge in [-0.25, -0.2) is 5.01 Å². The van der Waals surface area contributed by atoms with Gasteiger partial charge in [0.2, 0.25) is 19.2 Å². The lowest BCUT2D eigenvalue weighted by atomic mass is 11.1. The lowest BCUT2D eigenvalue weighted by Crippen LogP contribution is -2.14. The van der Waals surface area contributed by atoms with E-state index in [2.05, 4.69) is 10.4 Å². The predicted molar refractivity (Wildman–Crippen MR) is 32.6 cm³/mol. The summed E-state index contributed by atoms with van der Waals surface area (Å²) in [6.45, 7) is 0. The number of rotatable bonds is 5. The molecule has 0 unspecified atom stereocenters. The van der Waals surface area contributed by atoms with Gasteiger partial charge in [-0.15, -0.1) is 0 Å². The summed E-state index contributed by atoms with van der Waals surface area (Å²) in [5.74, 6) is 0. The Morgan fingerprint density at radius 3 is 1.91 bits per heavy atom. The molecule has 3 amide bonds. The fourth-order valence-electron chi connectivity index (χ4n) is 0.197. The molecule has 0 saturated carbocycles. The van der Waals surface area contributed by atoms with Crippen LogP contribution in [0.2, 0.25) is 0 Å². The van der Waals surface area contributed by atoms with Crippen LogP contribution >= 0.6 is 0 Å². The number of carbonyl (C=O) groups excluding carboxylic acids is 3. The number of hydrogen-bond donors (Lipinski definition) is 0. The van der Waals surface area contributed by atoms with Gasteiger partial charge in [0.15, 0.2) is 0 Å². The molecule has 11 heavy (non-hydrogen) atoms. The van der Waals surface area contributed by atoms with Crippen molar-refractivity contribution in [2.45, 2.75) is 0 Å². The molecular formula is C4H6N4O3. The van der Waals surface area contributed by atoms with Gasteiger partial charge in [-0.05, 0) is 10.4 Å². The van der Waals surface area contributed by atoms with Crippen LogP contribution in [0.15, 0.2) is 10.4 Å². The van der Waals surface area contributed by atoms with Crippen LogP contribution in [0.5, 0.6) is 0 Å². The van der Waals surface area contributed by atoms with E-state index in [-0.39, 0.29) is 12.8 Å². The minimum absolute atomic E-state index is 0.162. The van der Waals surface area contributed by atoms with Crippen molar-refractivity contribution in [1.29, 1.82) is 0 Å². The number of imide groups is 1. The highest BCUT2D eigenvalue weighted by Crippen LogP contribution is 1.82. The third kappa shape index (κ3) is 3.73. The van der Waals surface area contributed by atoms with E-state index >= 15 is 0 Å². The second-order valence-electron chi connectivity index (χ2n) is 1.45. The van der Waals surface area contributed by atoms with Crippen molar-refractivity contribution in [3.05, 3.63) is 0 Å². The summed E-state index contributed by atoms with van der Waals surface area (Å²) in [7, 11) is 1.31. The van der Waals surface area contributed by atoms with Crippen molar-refractivity contribution < 1.29 is 14.4 Å². The second kappa shape index (κ2) is 5.03. The maximum Gasteiger partial charge on any atom is 0.238 e. The maximum absolute atomic E-state index is 9.87. The lowest BCUT2D eigenvalue weighted by Gasteiger charge is -2.00. The van der Waals surface area contributed by atoms with E-state index in [0.717, 1.165) is 5.01 Å². The summed E-state index contributed by atoms with van der Waals surface area (Å²) in [6.07, 6.45) is 0.696. The van der Waals surface area contributed by atoms with E-state index < -0.39 is 0 Å². The summed E-state index contributed by atoms with van der Waals surface area (Å²) in [6, 6.07) is 0. The molecule has 0 aliphatic rings. The topological polar surface area (TPSA) is 82.4 Å². The quantitative estimate of drug-likeness (QED) is 0.291. The van der Waals surface area contributed by atoms with E-state index in [0.29, 0.717) is 11.4 Å².